The van der Waals surface area contributed by atoms with Crippen molar-refractivity contribution in [3.63, 3.8) is 0 Å². The van der Waals surface area contributed by atoms with Crippen LogP contribution in [0.2, 0.25) is 0 Å². The van der Waals surface area contributed by atoms with Gasteiger partial charge in [0.05, 0.1) is 13.2 Å². The minimum Gasteiger partial charge on any atom is -0.366 e. The first-order valence-electron chi connectivity index (χ1n) is 5.21. The van der Waals surface area contributed by atoms with E-state index in [1.807, 2.05) is 30.3 Å². The fourth-order valence-corrected chi connectivity index (χ4v) is 1.31. The highest BCUT2D eigenvalue weighted by Crippen LogP contribution is 2.10. The molecule has 0 saturated carbocycles. The number of hydrogen-bond donors (Lipinski definition) is 0. The van der Waals surface area contributed by atoms with Crippen LogP contribution in [-0.4, -0.2) is 18.8 Å². The summed E-state index contributed by atoms with van der Waals surface area (Å²) in [6.07, 6.45) is -0.756. The Bertz CT molecular complexity index is 390. The Morgan fingerprint density at radius 2 is 2.18 bits per heavy atom. The summed E-state index contributed by atoms with van der Waals surface area (Å²) in [4.78, 5) is 2.51. The molecule has 0 amide bonds. The Labute approximate surface area is 99.3 Å². The van der Waals surface area contributed by atoms with E-state index >= 15 is 0 Å². The Kier molecular flexibility index (Phi) is 5.79. The number of azide groups is 1. The van der Waals surface area contributed by atoms with Crippen LogP contribution in [-0.2, 0) is 11.3 Å². The van der Waals surface area contributed by atoms with Gasteiger partial charge in [-0.05, 0) is 11.1 Å². The Balaban J connectivity index is 2.47. The second-order valence-electron chi connectivity index (χ2n) is 3.43. The smallest absolute Gasteiger partial charge is 0.135 e. The predicted octanol–water partition coefficient (Wildman–Crippen LogP) is 3.41. The number of halogens is 1. The molecule has 1 rings (SSSR count). The van der Waals surface area contributed by atoms with Gasteiger partial charge < -0.3 is 4.74 Å². The molecule has 1 unspecified atom stereocenters. The highest BCUT2D eigenvalue weighted by atomic mass is 19.1. The quantitative estimate of drug-likeness (QED) is 0.309. The van der Waals surface area contributed by atoms with E-state index in [1.165, 1.54) is 6.08 Å². The Morgan fingerprint density at radius 1 is 1.47 bits per heavy atom. The zero-order valence-corrected chi connectivity index (χ0v) is 9.37. The highest BCUT2D eigenvalue weighted by Gasteiger charge is 2.17. The van der Waals surface area contributed by atoms with Gasteiger partial charge in [-0.3, -0.25) is 0 Å². The molecule has 0 aliphatic rings. The maximum Gasteiger partial charge on any atom is 0.135 e. The molecule has 0 heterocycles. The van der Waals surface area contributed by atoms with E-state index in [-0.39, 0.29) is 6.54 Å². The van der Waals surface area contributed by atoms with Gasteiger partial charge in [-0.2, -0.15) is 0 Å². The van der Waals surface area contributed by atoms with Gasteiger partial charge in [0.2, 0.25) is 0 Å². The predicted molar refractivity (Wildman–Crippen MR) is 64.1 cm³/mol. The lowest BCUT2D eigenvalue weighted by Gasteiger charge is -2.16. The molecule has 0 radical (unpaired) electrons. The molecule has 0 spiro atoms. The van der Waals surface area contributed by atoms with Crippen LogP contribution in [0.15, 0.2) is 48.1 Å². The van der Waals surface area contributed by atoms with Gasteiger partial charge in [0, 0.05) is 4.91 Å². The molecule has 5 heteroatoms. The van der Waals surface area contributed by atoms with Crippen molar-refractivity contribution in [2.75, 3.05) is 6.54 Å². The van der Waals surface area contributed by atoms with Crippen LogP contribution in [0.5, 0.6) is 0 Å². The number of rotatable bonds is 7. The fraction of sp³-hybridized carbons (Fsp3) is 0.333. The lowest BCUT2D eigenvalue weighted by atomic mass is 10.2. The third-order valence-corrected chi connectivity index (χ3v) is 2.19. The van der Waals surface area contributed by atoms with Crippen LogP contribution in [0.1, 0.15) is 5.56 Å². The molecule has 0 saturated heterocycles. The molecule has 17 heavy (non-hydrogen) atoms. The van der Waals surface area contributed by atoms with E-state index in [9.17, 15) is 4.39 Å². The minimum absolute atomic E-state index is 0.248. The first-order valence-corrected chi connectivity index (χ1v) is 5.21. The molecule has 0 N–H and O–H groups in total. The molecule has 90 valence electrons. The number of ether oxygens (including phenoxy) is 1. The van der Waals surface area contributed by atoms with Crippen molar-refractivity contribution in [3.05, 3.63) is 59.0 Å². The monoisotopic (exact) mass is 235 g/mol. The van der Waals surface area contributed by atoms with Gasteiger partial charge >= 0.3 is 0 Å². The van der Waals surface area contributed by atoms with Crippen LogP contribution >= 0.6 is 0 Å². The summed E-state index contributed by atoms with van der Waals surface area (Å²) in [6.45, 7) is 3.55. The highest BCUT2D eigenvalue weighted by molar-refractivity contribution is 5.13. The van der Waals surface area contributed by atoms with Crippen molar-refractivity contribution in [2.24, 2.45) is 5.11 Å². The summed E-state index contributed by atoms with van der Waals surface area (Å²) < 4.78 is 18.9. The second kappa shape index (κ2) is 7.44. The second-order valence-corrected chi connectivity index (χ2v) is 3.43. The van der Waals surface area contributed by atoms with Gasteiger partial charge in [0.15, 0.2) is 0 Å². The van der Waals surface area contributed by atoms with Gasteiger partial charge in [0.25, 0.3) is 0 Å². The third kappa shape index (κ3) is 4.68. The summed E-state index contributed by atoms with van der Waals surface area (Å²) in [5.41, 5.74) is 9.06. The summed E-state index contributed by atoms with van der Waals surface area (Å²) in [5, 5.41) is 3.17. The molecule has 0 fully saturated rings. The van der Waals surface area contributed by atoms with E-state index in [0.29, 0.717) is 6.61 Å². The zero-order chi connectivity index (χ0) is 12.5. The summed E-state index contributed by atoms with van der Waals surface area (Å²) in [7, 11) is 0. The molecule has 0 aliphatic heterocycles. The molecule has 0 bridgehead atoms. The van der Waals surface area contributed by atoms with E-state index in [2.05, 4.69) is 16.6 Å². The summed E-state index contributed by atoms with van der Waals surface area (Å²) in [5.74, 6) is 0. The van der Waals surface area contributed by atoms with Gasteiger partial charge in [0.1, 0.15) is 12.3 Å². The van der Waals surface area contributed by atoms with Crippen LogP contribution in [0.25, 0.3) is 10.4 Å². The number of nitrogens with zero attached hydrogens (tertiary/aromatic N) is 3. The number of hydrogen-bond acceptors (Lipinski definition) is 2. The average Bonchev–Trinajstić information content (AvgIpc) is 2.38. The Hall–Kier alpha value is -1.84. The number of benzene rings is 1. The van der Waals surface area contributed by atoms with Gasteiger partial charge in [-0.25, -0.2) is 4.39 Å². The van der Waals surface area contributed by atoms with Crippen LogP contribution in [0.4, 0.5) is 4.39 Å². The Morgan fingerprint density at radius 3 is 2.76 bits per heavy atom. The van der Waals surface area contributed by atoms with Crippen molar-refractivity contribution >= 4 is 0 Å². The third-order valence-electron chi connectivity index (χ3n) is 2.19. The van der Waals surface area contributed by atoms with Crippen molar-refractivity contribution in [1.29, 1.82) is 0 Å². The maximum absolute atomic E-state index is 13.5. The number of alkyl halides is 1. The fourth-order valence-electron chi connectivity index (χ4n) is 1.31. The van der Waals surface area contributed by atoms with Crippen molar-refractivity contribution in [3.8, 4) is 0 Å². The first-order chi connectivity index (χ1) is 8.27. The lowest BCUT2D eigenvalue weighted by molar-refractivity contribution is 0.0211. The summed E-state index contributed by atoms with van der Waals surface area (Å²) in [6, 6.07) is 9.44. The summed E-state index contributed by atoms with van der Waals surface area (Å²) >= 11 is 0. The molecule has 1 aromatic rings. The van der Waals surface area contributed by atoms with Crippen molar-refractivity contribution in [2.45, 2.75) is 18.9 Å². The van der Waals surface area contributed by atoms with Crippen molar-refractivity contribution in [1.82, 2.24) is 0 Å². The van der Waals surface area contributed by atoms with Gasteiger partial charge in [-0.1, -0.05) is 41.5 Å². The van der Waals surface area contributed by atoms with E-state index in [4.69, 9.17) is 10.3 Å². The lowest BCUT2D eigenvalue weighted by Crippen LogP contribution is -2.25. The molecule has 4 nitrogen and oxygen atoms in total. The van der Waals surface area contributed by atoms with E-state index in [0.717, 1.165) is 5.56 Å². The molecule has 0 aromatic heterocycles. The molecule has 1 aromatic carbocycles. The van der Waals surface area contributed by atoms with E-state index in [1.54, 1.807) is 0 Å². The van der Waals surface area contributed by atoms with E-state index < -0.39 is 12.3 Å². The first kappa shape index (κ1) is 13.2. The average molecular weight is 235 g/mol. The topological polar surface area (TPSA) is 58.0 Å². The van der Waals surface area contributed by atoms with Crippen molar-refractivity contribution < 1.29 is 9.13 Å². The van der Waals surface area contributed by atoms with Crippen LogP contribution < -0.4 is 0 Å². The molecule has 0 aliphatic carbocycles. The maximum atomic E-state index is 13.5. The minimum atomic E-state index is -1.37. The molecule has 2 atom stereocenters. The largest absolute Gasteiger partial charge is 0.366 e. The zero-order valence-electron chi connectivity index (χ0n) is 9.37. The van der Waals surface area contributed by atoms with Gasteiger partial charge in [-0.15, -0.1) is 6.58 Å². The standard InChI is InChI=1S/C12H14FN3O/c1-2-12(11(13)8-15-16-14)17-9-10-6-4-3-5-7-10/h2-7,11-12H,1,8-9H2/t11-,12?/m0/s1. The molecular formula is C12H14FN3O. The van der Waals surface area contributed by atoms with Crippen LogP contribution in [0, 0.1) is 0 Å². The molecular weight excluding hydrogens is 221 g/mol. The SMILES string of the molecule is C=CC(OCc1ccccc1)[C@@H](F)CN=[N+]=[N-]. The normalized spacial score (nSPS) is 13.5. The van der Waals surface area contributed by atoms with Crippen LogP contribution in [0.3, 0.4) is 0 Å².